The molecule has 0 amide bonds. The maximum absolute atomic E-state index is 12.7. The molecule has 0 saturated heterocycles. The molecular weight excluding hydrogens is 141 g/mol. The third kappa shape index (κ3) is 3.23. The first kappa shape index (κ1) is 9.46. The standard InChI is InChI=1S/C9H8FN/c1-3-5-8(7-11)9(10)6-4-2/h1,5-6H,4H2,2H3/b8-5-,9-6+. The van der Waals surface area contributed by atoms with Gasteiger partial charge in [-0.05, 0) is 12.5 Å². The van der Waals surface area contributed by atoms with Gasteiger partial charge in [0.15, 0.2) is 0 Å². The molecule has 0 heterocycles. The molecule has 56 valence electrons. The van der Waals surface area contributed by atoms with E-state index in [0.29, 0.717) is 6.42 Å². The summed E-state index contributed by atoms with van der Waals surface area (Å²) in [6.45, 7) is 1.78. The summed E-state index contributed by atoms with van der Waals surface area (Å²) in [5, 5.41) is 8.36. The van der Waals surface area contributed by atoms with Crippen LogP contribution in [0.5, 0.6) is 0 Å². The average Bonchev–Trinajstić information content (AvgIpc) is 2.00. The fourth-order valence-electron chi connectivity index (χ4n) is 0.527. The minimum absolute atomic E-state index is 0.0886. The maximum Gasteiger partial charge on any atom is 0.137 e. The molecule has 0 N–H and O–H groups in total. The fraction of sp³-hybridized carbons (Fsp3) is 0.222. The Kier molecular flexibility index (Phi) is 4.52. The second kappa shape index (κ2) is 5.26. The van der Waals surface area contributed by atoms with Crippen molar-refractivity contribution in [3.63, 3.8) is 0 Å². The molecule has 11 heavy (non-hydrogen) atoms. The van der Waals surface area contributed by atoms with Gasteiger partial charge in [0, 0.05) is 6.08 Å². The van der Waals surface area contributed by atoms with Gasteiger partial charge in [0.25, 0.3) is 0 Å². The first-order chi connectivity index (χ1) is 5.26. The van der Waals surface area contributed by atoms with E-state index in [1.54, 1.807) is 13.0 Å². The molecule has 0 aromatic heterocycles. The average molecular weight is 149 g/mol. The van der Waals surface area contributed by atoms with Crippen LogP contribution in [-0.4, -0.2) is 0 Å². The first-order valence-corrected chi connectivity index (χ1v) is 3.18. The van der Waals surface area contributed by atoms with Gasteiger partial charge in [-0.2, -0.15) is 5.26 Å². The van der Waals surface area contributed by atoms with Gasteiger partial charge in [0.2, 0.25) is 0 Å². The van der Waals surface area contributed by atoms with Crippen LogP contribution in [0.4, 0.5) is 4.39 Å². The third-order valence-corrected chi connectivity index (χ3v) is 0.989. The highest BCUT2D eigenvalue weighted by molar-refractivity contribution is 5.41. The minimum Gasteiger partial charge on any atom is -0.206 e. The summed E-state index contributed by atoms with van der Waals surface area (Å²) in [6.07, 6.45) is 7.84. The quantitative estimate of drug-likeness (QED) is 0.336. The van der Waals surface area contributed by atoms with E-state index in [0.717, 1.165) is 6.08 Å². The number of nitrogens with zero attached hydrogens (tertiary/aromatic N) is 1. The highest BCUT2D eigenvalue weighted by atomic mass is 19.1. The molecule has 0 fully saturated rings. The normalized spacial score (nSPS) is 12.0. The van der Waals surface area contributed by atoms with Crippen LogP contribution in [0.25, 0.3) is 0 Å². The van der Waals surface area contributed by atoms with E-state index in [2.05, 4.69) is 5.92 Å². The van der Waals surface area contributed by atoms with Crippen LogP contribution in [0.2, 0.25) is 0 Å². The monoisotopic (exact) mass is 149 g/mol. The van der Waals surface area contributed by atoms with Crippen molar-refractivity contribution in [2.24, 2.45) is 0 Å². The lowest BCUT2D eigenvalue weighted by molar-refractivity contribution is 0.652. The van der Waals surface area contributed by atoms with Crippen LogP contribution in [-0.2, 0) is 0 Å². The number of hydrogen-bond donors (Lipinski definition) is 0. The van der Waals surface area contributed by atoms with Gasteiger partial charge in [0.05, 0.1) is 5.57 Å². The van der Waals surface area contributed by atoms with Crippen molar-refractivity contribution >= 4 is 0 Å². The lowest BCUT2D eigenvalue weighted by atomic mass is 10.2. The molecular formula is C9H8FN. The molecule has 0 aromatic rings. The molecule has 0 aliphatic heterocycles. The van der Waals surface area contributed by atoms with E-state index in [1.165, 1.54) is 6.08 Å². The molecule has 0 aliphatic carbocycles. The van der Waals surface area contributed by atoms with Crippen molar-refractivity contribution in [2.75, 3.05) is 0 Å². The van der Waals surface area contributed by atoms with Gasteiger partial charge in [-0.25, -0.2) is 4.39 Å². The molecule has 0 aromatic carbocycles. The number of rotatable bonds is 2. The molecule has 0 bridgehead atoms. The predicted molar refractivity (Wildman–Crippen MR) is 42.0 cm³/mol. The Balaban J connectivity index is 4.59. The molecule has 2 heteroatoms. The first-order valence-electron chi connectivity index (χ1n) is 3.18. The summed E-state index contributed by atoms with van der Waals surface area (Å²) < 4.78 is 12.7. The summed E-state index contributed by atoms with van der Waals surface area (Å²) in [5.74, 6) is 1.54. The Bertz CT molecular complexity index is 260. The summed E-state index contributed by atoms with van der Waals surface area (Å²) in [7, 11) is 0. The van der Waals surface area contributed by atoms with Gasteiger partial charge in [-0.15, -0.1) is 6.42 Å². The number of hydrogen-bond acceptors (Lipinski definition) is 1. The summed E-state index contributed by atoms with van der Waals surface area (Å²) >= 11 is 0. The van der Waals surface area contributed by atoms with Gasteiger partial charge < -0.3 is 0 Å². The van der Waals surface area contributed by atoms with Crippen molar-refractivity contribution in [3.05, 3.63) is 23.6 Å². The maximum atomic E-state index is 12.7. The van der Waals surface area contributed by atoms with Crippen LogP contribution in [0.15, 0.2) is 23.6 Å². The van der Waals surface area contributed by atoms with Crippen LogP contribution < -0.4 is 0 Å². The summed E-state index contributed by atoms with van der Waals surface area (Å²) in [5.41, 5.74) is -0.0886. The number of nitriles is 1. The number of terminal acetylenes is 1. The zero-order valence-electron chi connectivity index (χ0n) is 6.26. The van der Waals surface area contributed by atoms with E-state index < -0.39 is 5.83 Å². The molecule has 0 atom stereocenters. The van der Waals surface area contributed by atoms with Crippen molar-refractivity contribution in [1.82, 2.24) is 0 Å². The summed E-state index contributed by atoms with van der Waals surface area (Å²) in [6, 6.07) is 1.66. The lowest BCUT2D eigenvalue weighted by Gasteiger charge is -1.89. The lowest BCUT2D eigenvalue weighted by Crippen LogP contribution is -1.78. The zero-order chi connectivity index (χ0) is 8.69. The Morgan fingerprint density at radius 2 is 2.36 bits per heavy atom. The topological polar surface area (TPSA) is 23.8 Å². The minimum atomic E-state index is -0.548. The Morgan fingerprint density at radius 3 is 2.73 bits per heavy atom. The Morgan fingerprint density at radius 1 is 1.73 bits per heavy atom. The Labute approximate surface area is 65.8 Å². The third-order valence-electron chi connectivity index (χ3n) is 0.989. The second-order valence-electron chi connectivity index (χ2n) is 1.80. The number of halogens is 1. The molecule has 0 aliphatic rings. The molecule has 0 spiro atoms. The SMILES string of the molecule is C#C/C=C(C#N)\C(F)=C/CC. The molecule has 0 rings (SSSR count). The van der Waals surface area contributed by atoms with Crippen molar-refractivity contribution in [3.8, 4) is 18.4 Å². The van der Waals surface area contributed by atoms with Gasteiger partial charge in [-0.3, -0.25) is 0 Å². The van der Waals surface area contributed by atoms with E-state index in [1.807, 2.05) is 0 Å². The highest BCUT2D eigenvalue weighted by Crippen LogP contribution is 2.10. The van der Waals surface area contributed by atoms with Crippen molar-refractivity contribution in [1.29, 1.82) is 5.26 Å². The predicted octanol–water partition coefficient (Wildman–Crippen LogP) is 2.33. The van der Waals surface area contributed by atoms with Gasteiger partial charge in [0.1, 0.15) is 11.9 Å². The molecule has 0 unspecified atom stereocenters. The van der Waals surface area contributed by atoms with Crippen molar-refractivity contribution in [2.45, 2.75) is 13.3 Å². The number of allylic oxidation sites excluding steroid dienone is 4. The van der Waals surface area contributed by atoms with E-state index in [-0.39, 0.29) is 5.57 Å². The largest absolute Gasteiger partial charge is 0.206 e. The Hall–Kier alpha value is -1.54. The van der Waals surface area contributed by atoms with Crippen LogP contribution in [0, 0.1) is 23.7 Å². The fourth-order valence-corrected chi connectivity index (χ4v) is 0.527. The highest BCUT2D eigenvalue weighted by Gasteiger charge is 1.99. The van der Waals surface area contributed by atoms with E-state index in [9.17, 15) is 4.39 Å². The van der Waals surface area contributed by atoms with Crippen molar-refractivity contribution < 1.29 is 4.39 Å². The molecule has 0 saturated carbocycles. The zero-order valence-corrected chi connectivity index (χ0v) is 6.26. The van der Waals surface area contributed by atoms with Crippen LogP contribution >= 0.6 is 0 Å². The smallest absolute Gasteiger partial charge is 0.137 e. The van der Waals surface area contributed by atoms with Gasteiger partial charge >= 0.3 is 0 Å². The van der Waals surface area contributed by atoms with Crippen LogP contribution in [0.3, 0.4) is 0 Å². The van der Waals surface area contributed by atoms with Crippen LogP contribution in [0.1, 0.15) is 13.3 Å². The second-order valence-corrected chi connectivity index (χ2v) is 1.80. The van der Waals surface area contributed by atoms with Gasteiger partial charge in [-0.1, -0.05) is 12.8 Å². The van der Waals surface area contributed by atoms with E-state index >= 15 is 0 Å². The summed E-state index contributed by atoms with van der Waals surface area (Å²) in [4.78, 5) is 0. The molecule has 1 nitrogen and oxygen atoms in total. The van der Waals surface area contributed by atoms with E-state index in [4.69, 9.17) is 11.7 Å². The molecule has 0 radical (unpaired) electrons.